The monoisotopic (exact) mass is 280 g/mol. The molecule has 0 saturated carbocycles. The van der Waals surface area contributed by atoms with Gasteiger partial charge >= 0.3 is 0 Å². The third-order valence-corrected chi connectivity index (χ3v) is 4.25. The SMILES string of the molecule is CCc1nc(CC(N)c2ccc(Cl)cc2)sc1C. The van der Waals surface area contributed by atoms with Gasteiger partial charge in [-0.1, -0.05) is 30.7 Å². The van der Waals surface area contributed by atoms with Crippen LogP contribution in [-0.4, -0.2) is 4.98 Å². The highest BCUT2D eigenvalue weighted by atomic mass is 35.5. The molecule has 2 nitrogen and oxygen atoms in total. The molecule has 0 saturated heterocycles. The van der Waals surface area contributed by atoms with E-state index in [-0.39, 0.29) is 6.04 Å². The molecular formula is C14H17ClN2S. The lowest BCUT2D eigenvalue weighted by molar-refractivity contribution is 0.715. The van der Waals surface area contributed by atoms with Gasteiger partial charge in [-0.2, -0.15) is 0 Å². The largest absolute Gasteiger partial charge is 0.324 e. The van der Waals surface area contributed by atoms with E-state index in [4.69, 9.17) is 17.3 Å². The van der Waals surface area contributed by atoms with E-state index in [1.165, 1.54) is 10.6 Å². The summed E-state index contributed by atoms with van der Waals surface area (Å²) in [5.74, 6) is 0. The summed E-state index contributed by atoms with van der Waals surface area (Å²) in [4.78, 5) is 5.93. The highest BCUT2D eigenvalue weighted by molar-refractivity contribution is 7.11. The summed E-state index contributed by atoms with van der Waals surface area (Å²) in [7, 11) is 0. The van der Waals surface area contributed by atoms with Crippen LogP contribution >= 0.6 is 22.9 Å². The molecule has 1 aromatic heterocycles. The van der Waals surface area contributed by atoms with E-state index in [1.54, 1.807) is 11.3 Å². The van der Waals surface area contributed by atoms with Gasteiger partial charge in [0, 0.05) is 22.4 Å². The number of hydrogen-bond donors (Lipinski definition) is 1. The molecule has 1 atom stereocenters. The van der Waals surface area contributed by atoms with Crippen molar-refractivity contribution in [2.75, 3.05) is 0 Å². The van der Waals surface area contributed by atoms with Gasteiger partial charge in [-0.3, -0.25) is 0 Å². The van der Waals surface area contributed by atoms with Crippen LogP contribution in [0.1, 0.15) is 34.1 Å². The van der Waals surface area contributed by atoms with Crippen LogP contribution in [-0.2, 0) is 12.8 Å². The van der Waals surface area contributed by atoms with E-state index in [1.807, 2.05) is 24.3 Å². The number of hydrogen-bond acceptors (Lipinski definition) is 3. The van der Waals surface area contributed by atoms with E-state index in [2.05, 4.69) is 18.8 Å². The summed E-state index contributed by atoms with van der Waals surface area (Å²) in [6.07, 6.45) is 1.77. The first kappa shape index (κ1) is 13.5. The summed E-state index contributed by atoms with van der Waals surface area (Å²) in [5, 5.41) is 1.86. The molecule has 0 aliphatic rings. The van der Waals surface area contributed by atoms with Crippen molar-refractivity contribution in [2.24, 2.45) is 5.73 Å². The maximum atomic E-state index is 6.20. The Labute approximate surface area is 117 Å². The van der Waals surface area contributed by atoms with Crippen molar-refractivity contribution in [3.8, 4) is 0 Å². The fourth-order valence-electron chi connectivity index (χ4n) is 1.92. The Morgan fingerprint density at radius 2 is 2.00 bits per heavy atom. The Morgan fingerprint density at radius 1 is 1.33 bits per heavy atom. The van der Waals surface area contributed by atoms with Crippen LogP contribution < -0.4 is 5.73 Å². The van der Waals surface area contributed by atoms with Crippen LogP contribution in [0.2, 0.25) is 5.02 Å². The summed E-state index contributed by atoms with van der Waals surface area (Å²) >= 11 is 7.62. The molecule has 0 aliphatic heterocycles. The molecule has 0 bridgehead atoms. The van der Waals surface area contributed by atoms with Gasteiger partial charge in [0.25, 0.3) is 0 Å². The lowest BCUT2D eigenvalue weighted by Crippen LogP contribution is -2.13. The van der Waals surface area contributed by atoms with Crippen molar-refractivity contribution < 1.29 is 0 Å². The number of halogens is 1. The molecule has 1 unspecified atom stereocenters. The second kappa shape index (κ2) is 5.83. The molecular weight excluding hydrogens is 264 g/mol. The number of aromatic nitrogens is 1. The first-order valence-corrected chi connectivity index (χ1v) is 7.25. The second-order valence-electron chi connectivity index (χ2n) is 4.33. The Morgan fingerprint density at radius 3 is 2.56 bits per heavy atom. The zero-order valence-corrected chi connectivity index (χ0v) is 12.2. The molecule has 2 N–H and O–H groups in total. The second-order valence-corrected chi connectivity index (χ2v) is 6.05. The number of nitrogens with zero attached hydrogens (tertiary/aromatic N) is 1. The van der Waals surface area contributed by atoms with Crippen LogP contribution in [0, 0.1) is 6.92 Å². The number of nitrogens with two attached hydrogens (primary N) is 1. The number of rotatable bonds is 4. The Bertz CT molecular complexity index is 519. The van der Waals surface area contributed by atoms with Gasteiger partial charge < -0.3 is 5.73 Å². The summed E-state index contributed by atoms with van der Waals surface area (Å²) < 4.78 is 0. The van der Waals surface area contributed by atoms with Crippen molar-refractivity contribution >= 4 is 22.9 Å². The van der Waals surface area contributed by atoms with E-state index in [0.29, 0.717) is 0 Å². The topological polar surface area (TPSA) is 38.9 Å². The van der Waals surface area contributed by atoms with E-state index >= 15 is 0 Å². The quantitative estimate of drug-likeness (QED) is 0.922. The van der Waals surface area contributed by atoms with Gasteiger partial charge in [-0.25, -0.2) is 4.98 Å². The molecule has 4 heteroatoms. The molecule has 0 radical (unpaired) electrons. The molecule has 1 aromatic carbocycles. The van der Waals surface area contributed by atoms with Crippen LogP contribution in [0.3, 0.4) is 0 Å². The normalized spacial score (nSPS) is 12.7. The van der Waals surface area contributed by atoms with Crippen LogP contribution in [0.25, 0.3) is 0 Å². The molecule has 2 aromatic rings. The van der Waals surface area contributed by atoms with Crippen LogP contribution in [0.5, 0.6) is 0 Å². The average molecular weight is 281 g/mol. The lowest BCUT2D eigenvalue weighted by Gasteiger charge is -2.10. The third kappa shape index (κ3) is 3.10. The van der Waals surface area contributed by atoms with Gasteiger partial charge in [0.2, 0.25) is 0 Å². The smallest absolute Gasteiger partial charge is 0.0949 e. The molecule has 0 amide bonds. The minimum Gasteiger partial charge on any atom is -0.324 e. The predicted octanol–water partition coefficient (Wildman–Crippen LogP) is 3.91. The molecule has 96 valence electrons. The zero-order valence-electron chi connectivity index (χ0n) is 10.6. The van der Waals surface area contributed by atoms with Gasteiger partial charge in [0.1, 0.15) is 0 Å². The molecule has 0 fully saturated rings. The Kier molecular flexibility index (Phi) is 4.38. The molecule has 0 aliphatic carbocycles. The van der Waals surface area contributed by atoms with Crippen molar-refractivity contribution in [2.45, 2.75) is 32.7 Å². The summed E-state index contributed by atoms with van der Waals surface area (Å²) in [6.45, 7) is 4.25. The molecule has 1 heterocycles. The van der Waals surface area contributed by atoms with Gasteiger partial charge in [-0.05, 0) is 31.0 Å². The summed E-state index contributed by atoms with van der Waals surface area (Å²) in [5.41, 5.74) is 8.50. The standard InChI is InChI=1S/C14H17ClN2S/c1-3-13-9(2)18-14(17-13)8-12(16)10-4-6-11(15)7-5-10/h4-7,12H,3,8,16H2,1-2H3. The fraction of sp³-hybridized carbons (Fsp3) is 0.357. The van der Waals surface area contributed by atoms with E-state index in [0.717, 1.165) is 28.4 Å². The van der Waals surface area contributed by atoms with Crippen molar-refractivity contribution in [3.63, 3.8) is 0 Å². The third-order valence-electron chi connectivity index (χ3n) is 2.96. The van der Waals surface area contributed by atoms with Crippen molar-refractivity contribution in [1.29, 1.82) is 0 Å². The maximum Gasteiger partial charge on any atom is 0.0949 e. The zero-order chi connectivity index (χ0) is 13.1. The predicted molar refractivity (Wildman–Crippen MR) is 78.3 cm³/mol. The number of thiazole rings is 1. The van der Waals surface area contributed by atoms with Crippen molar-refractivity contribution in [1.82, 2.24) is 4.98 Å². The highest BCUT2D eigenvalue weighted by Gasteiger charge is 2.12. The first-order chi connectivity index (χ1) is 8.60. The van der Waals surface area contributed by atoms with Gasteiger partial charge in [0.15, 0.2) is 0 Å². The molecule has 0 spiro atoms. The first-order valence-electron chi connectivity index (χ1n) is 6.06. The minimum atomic E-state index is -0.0162. The fourth-order valence-corrected chi connectivity index (χ4v) is 3.12. The van der Waals surface area contributed by atoms with Gasteiger partial charge in [-0.15, -0.1) is 11.3 Å². The average Bonchev–Trinajstić information content (AvgIpc) is 2.70. The van der Waals surface area contributed by atoms with E-state index in [9.17, 15) is 0 Å². The Balaban J connectivity index is 2.10. The molecule has 18 heavy (non-hydrogen) atoms. The summed E-state index contributed by atoms with van der Waals surface area (Å²) in [6, 6.07) is 7.70. The van der Waals surface area contributed by atoms with Gasteiger partial charge in [0.05, 0.1) is 10.7 Å². The van der Waals surface area contributed by atoms with E-state index < -0.39 is 0 Å². The van der Waals surface area contributed by atoms with Crippen LogP contribution in [0.15, 0.2) is 24.3 Å². The lowest BCUT2D eigenvalue weighted by atomic mass is 10.1. The Hall–Kier alpha value is -0.900. The van der Waals surface area contributed by atoms with Crippen LogP contribution in [0.4, 0.5) is 0 Å². The van der Waals surface area contributed by atoms with Crippen molar-refractivity contribution in [3.05, 3.63) is 50.4 Å². The number of aryl methyl sites for hydroxylation is 2. The minimum absolute atomic E-state index is 0.0162. The highest BCUT2D eigenvalue weighted by Crippen LogP contribution is 2.23. The maximum absolute atomic E-state index is 6.20. The molecule has 2 rings (SSSR count). The number of benzene rings is 1.